The number of aromatic hydroxyl groups is 1. The number of phenolic OH excluding ortho intramolecular Hbond substituents is 1. The molecule has 0 amide bonds. The van der Waals surface area contributed by atoms with E-state index in [1.165, 1.54) is 19.2 Å². The second-order valence-corrected chi connectivity index (χ2v) is 7.08. The van der Waals surface area contributed by atoms with Crippen LogP contribution in [-0.4, -0.2) is 55.3 Å². The van der Waals surface area contributed by atoms with Crippen LogP contribution in [0.1, 0.15) is 12.8 Å². The predicted octanol–water partition coefficient (Wildman–Crippen LogP) is 0.554. The molecular formula is C13H19NO5S. The molecule has 1 heterocycles. The summed E-state index contributed by atoms with van der Waals surface area (Å²) in [6.45, 7) is 0.814. The molecule has 0 radical (unpaired) electrons. The van der Waals surface area contributed by atoms with Crippen LogP contribution in [0.4, 0.5) is 0 Å². The maximum Gasteiger partial charge on any atom is 0.246 e. The number of likely N-dealkylation sites (N-methyl/N-ethyl adjacent to an activating group) is 1. The van der Waals surface area contributed by atoms with Crippen molar-refractivity contribution in [2.75, 3.05) is 26.8 Å². The normalized spacial score (nSPS) is 19.1. The van der Waals surface area contributed by atoms with Crippen molar-refractivity contribution >= 4 is 10.0 Å². The number of nitrogens with zero attached hydrogens (tertiary/aromatic N) is 1. The largest absolute Gasteiger partial charge is 0.507 e. The van der Waals surface area contributed by atoms with Gasteiger partial charge in [-0.1, -0.05) is 12.1 Å². The average molecular weight is 301 g/mol. The quantitative estimate of drug-likeness (QED) is 0.848. The minimum Gasteiger partial charge on any atom is -0.507 e. The lowest BCUT2D eigenvalue weighted by Gasteiger charge is -2.35. The number of aliphatic hydroxyl groups is 1. The van der Waals surface area contributed by atoms with Gasteiger partial charge in [0.1, 0.15) is 10.6 Å². The van der Waals surface area contributed by atoms with Crippen LogP contribution in [0, 0.1) is 0 Å². The Labute approximate surface area is 118 Å². The van der Waals surface area contributed by atoms with Crippen LogP contribution < -0.4 is 0 Å². The molecule has 2 N–H and O–H groups in total. The van der Waals surface area contributed by atoms with E-state index in [4.69, 9.17) is 4.74 Å². The topological polar surface area (TPSA) is 87.1 Å². The molecular weight excluding hydrogens is 282 g/mol. The summed E-state index contributed by atoms with van der Waals surface area (Å²) in [7, 11) is -2.43. The lowest BCUT2D eigenvalue weighted by Crippen LogP contribution is -2.47. The SMILES string of the molecule is CN(CC1(O)CCOCC1)S(=O)(=O)c1ccccc1O. The molecule has 0 saturated carbocycles. The summed E-state index contributed by atoms with van der Waals surface area (Å²) in [5, 5.41) is 20.0. The van der Waals surface area contributed by atoms with Gasteiger partial charge < -0.3 is 14.9 Å². The van der Waals surface area contributed by atoms with Crippen molar-refractivity contribution in [3.8, 4) is 5.75 Å². The van der Waals surface area contributed by atoms with Crippen LogP contribution >= 0.6 is 0 Å². The van der Waals surface area contributed by atoms with E-state index < -0.39 is 15.6 Å². The van der Waals surface area contributed by atoms with Gasteiger partial charge in [-0.3, -0.25) is 0 Å². The molecule has 1 aromatic carbocycles. The van der Waals surface area contributed by atoms with E-state index in [1.54, 1.807) is 12.1 Å². The van der Waals surface area contributed by atoms with E-state index in [2.05, 4.69) is 0 Å². The third-order valence-electron chi connectivity index (χ3n) is 3.49. The Balaban J connectivity index is 2.19. The van der Waals surface area contributed by atoms with Crippen molar-refractivity contribution in [2.24, 2.45) is 0 Å². The predicted molar refractivity (Wildman–Crippen MR) is 72.9 cm³/mol. The zero-order chi connectivity index (χ0) is 14.8. The summed E-state index contributed by atoms with van der Waals surface area (Å²) in [4.78, 5) is -0.154. The minimum atomic E-state index is -3.82. The van der Waals surface area contributed by atoms with Gasteiger partial charge in [0.15, 0.2) is 0 Å². The molecule has 20 heavy (non-hydrogen) atoms. The van der Waals surface area contributed by atoms with Gasteiger partial charge in [-0.05, 0) is 12.1 Å². The zero-order valence-corrected chi connectivity index (χ0v) is 12.1. The monoisotopic (exact) mass is 301 g/mol. The molecule has 2 rings (SSSR count). The fraction of sp³-hybridized carbons (Fsp3) is 0.538. The Bertz CT molecular complexity index is 566. The third-order valence-corrected chi connectivity index (χ3v) is 5.34. The van der Waals surface area contributed by atoms with Crippen molar-refractivity contribution in [3.63, 3.8) is 0 Å². The number of benzene rings is 1. The van der Waals surface area contributed by atoms with Gasteiger partial charge in [-0.15, -0.1) is 0 Å². The lowest BCUT2D eigenvalue weighted by molar-refractivity contribution is -0.0689. The molecule has 1 saturated heterocycles. The Hall–Kier alpha value is -1.15. The fourth-order valence-electron chi connectivity index (χ4n) is 2.25. The maximum absolute atomic E-state index is 12.4. The number of para-hydroxylation sites is 1. The molecule has 0 aliphatic carbocycles. The molecule has 1 aliphatic rings. The van der Waals surface area contributed by atoms with Crippen molar-refractivity contribution in [3.05, 3.63) is 24.3 Å². The van der Waals surface area contributed by atoms with Gasteiger partial charge in [-0.2, -0.15) is 4.31 Å². The molecule has 1 aromatic rings. The standard InChI is InChI=1S/C13H19NO5S/c1-14(10-13(16)6-8-19-9-7-13)20(17,18)12-5-3-2-4-11(12)15/h2-5,15-16H,6-10H2,1H3. The highest BCUT2D eigenvalue weighted by Crippen LogP contribution is 2.27. The summed E-state index contributed by atoms with van der Waals surface area (Å²) >= 11 is 0. The summed E-state index contributed by atoms with van der Waals surface area (Å²) < 4.78 is 31.0. The molecule has 1 aliphatic heterocycles. The Morgan fingerprint density at radius 2 is 1.90 bits per heavy atom. The number of sulfonamides is 1. The molecule has 0 atom stereocenters. The summed E-state index contributed by atoms with van der Waals surface area (Å²) in [6.07, 6.45) is 0.793. The van der Waals surface area contributed by atoms with Gasteiger partial charge in [0.05, 0.1) is 5.60 Å². The van der Waals surface area contributed by atoms with Crippen molar-refractivity contribution in [2.45, 2.75) is 23.3 Å². The molecule has 0 bridgehead atoms. The second kappa shape index (κ2) is 5.69. The Kier molecular flexibility index (Phi) is 4.33. The van der Waals surface area contributed by atoms with Gasteiger partial charge >= 0.3 is 0 Å². The zero-order valence-electron chi connectivity index (χ0n) is 11.3. The summed E-state index contributed by atoms with van der Waals surface area (Å²) in [5.74, 6) is -0.293. The van der Waals surface area contributed by atoms with Crippen molar-refractivity contribution in [1.29, 1.82) is 0 Å². The number of ether oxygens (including phenoxy) is 1. The number of hydrogen-bond donors (Lipinski definition) is 2. The van der Waals surface area contributed by atoms with Crippen LogP contribution in [0.25, 0.3) is 0 Å². The molecule has 0 spiro atoms. The second-order valence-electron chi connectivity index (χ2n) is 5.07. The highest BCUT2D eigenvalue weighted by molar-refractivity contribution is 7.89. The highest BCUT2D eigenvalue weighted by atomic mass is 32.2. The minimum absolute atomic E-state index is 0.0208. The van der Waals surface area contributed by atoms with E-state index in [9.17, 15) is 18.6 Å². The van der Waals surface area contributed by atoms with Crippen LogP contribution in [0.15, 0.2) is 29.2 Å². The van der Waals surface area contributed by atoms with Gasteiger partial charge in [-0.25, -0.2) is 8.42 Å². The Morgan fingerprint density at radius 1 is 1.30 bits per heavy atom. The molecule has 1 fully saturated rings. The Morgan fingerprint density at radius 3 is 2.50 bits per heavy atom. The van der Waals surface area contributed by atoms with Crippen LogP contribution in [0.3, 0.4) is 0 Å². The van der Waals surface area contributed by atoms with Crippen LogP contribution in [0.5, 0.6) is 5.75 Å². The van der Waals surface area contributed by atoms with Crippen molar-refractivity contribution < 1.29 is 23.4 Å². The molecule has 112 valence electrons. The first kappa shape index (κ1) is 15.2. The summed E-state index contributed by atoms with van der Waals surface area (Å²) in [5.41, 5.74) is -1.08. The van der Waals surface area contributed by atoms with E-state index in [0.717, 1.165) is 4.31 Å². The fourth-order valence-corrected chi connectivity index (χ4v) is 3.58. The first-order valence-corrected chi connectivity index (χ1v) is 7.84. The van der Waals surface area contributed by atoms with E-state index in [0.29, 0.717) is 26.1 Å². The molecule has 0 aromatic heterocycles. The first-order valence-electron chi connectivity index (χ1n) is 6.40. The smallest absolute Gasteiger partial charge is 0.246 e. The highest BCUT2D eigenvalue weighted by Gasteiger charge is 2.35. The van der Waals surface area contributed by atoms with Gasteiger partial charge in [0, 0.05) is 39.6 Å². The maximum atomic E-state index is 12.4. The van der Waals surface area contributed by atoms with E-state index >= 15 is 0 Å². The molecule has 6 nitrogen and oxygen atoms in total. The van der Waals surface area contributed by atoms with Crippen LogP contribution in [0.2, 0.25) is 0 Å². The molecule has 7 heteroatoms. The lowest BCUT2D eigenvalue weighted by atomic mass is 9.95. The number of hydrogen-bond acceptors (Lipinski definition) is 5. The van der Waals surface area contributed by atoms with Gasteiger partial charge in [0.2, 0.25) is 10.0 Å². The van der Waals surface area contributed by atoms with Crippen molar-refractivity contribution in [1.82, 2.24) is 4.31 Å². The number of rotatable bonds is 4. The third kappa shape index (κ3) is 3.12. The van der Waals surface area contributed by atoms with E-state index in [-0.39, 0.29) is 17.2 Å². The van der Waals surface area contributed by atoms with Gasteiger partial charge in [0.25, 0.3) is 0 Å². The number of phenols is 1. The van der Waals surface area contributed by atoms with Crippen LogP contribution in [-0.2, 0) is 14.8 Å². The van der Waals surface area contributed by atoms with E-state index in [1.807, 2.05) is 0 Å². The first-order chi connectivity index (χ1) is 9.35. The molecule has 0 unspecified atom stereocenters. The average Bonchev–Trinajstić information content (AvgIpc) is 2.39. The summed E-state index contributed by atoms with van der Waals surface area (Å²) in [6, 6.07) is 5.77.